The van der Waals surface area contributed by atoms with Crippen molar-refractivity contribution in [1.29, 1.82) is 0 Å². The molecule has 12 heavy (non-hydrogen) atoms. The Balaban J connectivity index is 2.45. The van der Waals surface area contributed by atoms with Gasteiger partial charge in [-0.05, 0) is 37.0 Å². The van der Waals surface area contributed by atoms with Crippen molar-refractivity contribution in [3.63, 3.8) is 0 Å². The molecule has 0 N–H and O–H groups in total. The summed E-state index contributed by atoms with van der Waals surface area (Å²) in [4.78, 5) is 0.804. The monoisotopic (exact) mass is 232 g/mol. The second kappa shape index (κ2) is 4.13. The van der Waals surface area contributed by atoms with Crippen molar-refractivity contribution < 1.29 is 0 Å². The van der Waals surface area contributed by atoms with Crippen molar-refractivity contribution in [2.75, 3.05) is 0 Å². The van der Waals surface area contributed by atoms with Gasteiger partial charge in [0.05, 0.1) is 0 Å². The molecule has 0 amide bonds. The summed E-state index contributed by atoms with van der Waals surface area (Å²) in [6.07, 6.45) is 6.93. The summed E-state index contributed by atoms with van der Waals surface area (Å²) < 4.78 is 0. The number of rotatable bonds is 3. The third-order valence-corrected chi connectivity index (χ3v) is 4.20. The average molecular weight is 233 g/mol. The predicted molar refractivity (Wildman–Crippen MR) is 58.7 cm³/mol. The van der Waals surface area contributed by atoms with Crippen molar-refractivity contribution >= 4 is 15.9 Å². The molecule has 0 aromatic carbocycles. The molecule has 1 aliphatic carbocycles. The van der Waals surface area contributed by atoms with Crippen LogP contribution in [0, 0.1) is 11.3 Å². The standard InChI is InChI=1S/C11H21Br/c1-4-7-11(2,3)9-5-6-10(12)8-9/h9-10H,4-8H2,1-3H3. The Morgan fingerprint density at radius 1 is 1.33 bits per heavy atom. The Bertz CT molecular complexity index is 140. The molecule has 0 bridgehead atoms. The van der Waals surface area contributed by atoms with Gasteiger partial charge in [0.1, 0.15) is 0 Å². The minimum atomic E-state index is 0.581. The van der Waals surface area contributed by atoms with E-state index >= 15 is 0 Å². The number of alkyl halides is 1. The first-order valence-corrected chi connectivity index (χ1v) is 6.12. The predicted octanol–water partition coefficient (Wildman–Crippen LogP) is 4.38. The van der Waals surface area contributed by atoms with Gasteiger partial charge in [-0.25, -0.2) is 0 Å². The SMILES string of the molecule is CCCC(C)(C)C1CCC(Br)C1. The van der Waals surface area contributed by atoms with Crippen LogP contribution < -0.4 is 0 Å². The highest BCUT2D eigenvalue weighted by Crippen LogP contribution is 2.44. The van der Waals surface area contributed by atoms with Gasteiger partial charge in [0, 0.05) is 4.83 Å². The normalized spacial score (nSPS) is 31.0. The molecule has 0 radical (unpaired) electrons. The first-order valence-electron chi connectivity index (χ1n) is 5.20. The van der Waals surface area contributed by atoms with Gasteiger partial charge in [0.15, 0.2) is 0 Å². The summed E-state index contributed by atoms with van der Waals surface area (Å²) in [6, 6.07) is 0. The topological polar surface area (TPSA) is 0 Å². The van der Waals surface area contributed by atoms with Crippen LogP contribution in [-0.2, 0) is 0 Å². The molecular weight excluding hydrogens is 212 g/mol. The zero-order chi connectivity index (χ0) is 9.19. The van der Waals surface area contributed by atoms with Crippen LogP contribution in [0.15, 0.2) is 0 Å². The lowest BCUT2D eigenvalue weighted by Gasteiger charge is -2.31. The van der Waals surface area contributed by atoms with E-state index < -0.39 is 0 Å². The van der Waals surface area contributed by atoms with Gasteiger partial charge >= 0.3 is 0 Å². The van der Waals surface area contributed by atoms with E-state index in [2.05, 4.69) is 36.7 Å². The summed E-state index contributed by atoms with van der Waals surface area (Å²) >= 11 is 3.72. The van der Waals surface area contributed by atoms with Crippen molar-refractivity contribution in [3.05, 3.63) is 0 Å². The van der Waals surface area contributed by atoms with E-state index in [0.29, 0.717) is 5.41 Å². The Hall–Kier alpha value is 0.480. The van der Waals surface area contributed by atoms with Gasteiger partial charge in [0.25, 0.3) is 0 Å². The average Bonchev–Trinajstić information content (AvgIpc) is 2.36. The number of hydrogen-bond donors (Lipinski definition) is 0. The molecule has 0 saturated heterocycles. The van der Waals surface area contributed by atoms with Crippen LogP contribution in [-0.4, -0.2) is 4.83 Å². The maximum absolute atomic E-state index is 3.72. The highest BCUT2D eigenvalue weighted by molar-refractivity contribution is 9.09. The maximum Gasteiger partial charge on any atom is 0.0148 e. The lowest BCUT2D eigenvalue weighted by Crippen LogP contribution is -2.21. The van der Waals surface area contributed by atoms with Crippen molar-refractivity contribution in [2.45, 2.75) is 57.7 Å². The highest BCUT2D eigenvalue weighted by Gasteiger charge is 2.34. The molecule has 2 atom stereocenters. The number of hydrogen-bond acceptors (Lipinski definition) is 0. The van der Waals surface area contributed by atoms with Gasteiger partial charge in [-0.1, -0.05) is 43.1 Å². The minimum absolute atomic E-state index is 0.581. The Morgan fingerprint density at radius 3 is 2.42 bits per heavy atom. The fourth-order valence-electron chi connectivity index (χ4n) is 2.48. The van der Waals surface area contributed by atoms with Crippen LogP contribution in [0.1, 0.15) is 52.9 Å². The summed E-state index contributed by atoms with van der Waals surface area (Å²) in [6.45, 7) is 7.17. The maximum atomic E-state index is 3.72. The fourth-order valence-corrected chi connectivity index (χ4v) is 3.20. The Morgan fingerprint density at radius 2 is 2.00 bits per heavy atom. The fraction of sp³-hybridized carbons (Fsp3) is 1.00. The minimum Gasteiger partial charge on any atom is -0.0891 e. The van der Waals surface area contributed by atoms with Crippen molar-refractivity contribution in [2.24, 2.45) is 11.3 Å². The lowest BCUT2D eigenvalue weighted by molar-refractivity contribution is 0.198. The molecule has 72 valence electrons. The Labute approximate surface area is 85.3 Å². The number of halogens is 1. The zero-order valence-electron chi connectivity index (χ0n) is 8.57. The van der Waals surface area contributed by atoms with E-state index in [-0.39, 0.29) is 0 Å². The van der Waals surface area contributed by atoms with Crippen LogP contribution in [0.4, 0.5) is 0 Å². The van der Waals surface area contributed by atoms with Gasteiger partial charge < -0.3 is 0 Å². The van der Waals surface area contributed by atoms with Gasteiger partial charge in [-0.2, -0.15) is 0 Å². The molecule has 1 heteroatoms. The third kappa shape index (κ3) is 2.48. The Kier molecular flexibility index (Phi) is 3.63. The van der Waals surface area contributed by atoms with Crippen LogP contribution in [0.3, 0.4) is 0 Å². The second-order valence-corrected chi connectivity index (χ2v) is 6.14. The highest BCUT2D eigenvalue weighted by atomic mass is 79.9. The molecule has 0 heterocycles. The van der Waals surface area contributed by atoms with Crippen molar-refractivity contribution in [3.8, 4) is 0 Å². The van der Waals surface area contributed by atoms with E-state index in [0.717, 1.165) is 10.7 Å². The molecule has 0 nitrogen and oxygen atoms in total. The molecular formula is C11H21Br. The summed E-state index contributed by atoms with van der Waals surface area (Å²) in [7, 11) is 0. The van der Waals surface area contributed by atoms with Crippen LogP contribution in [0.2, 0.25) is 0 Å². The summed E-state index contributed by atoms with van der Waals surface area (Å²) in [5.74, 6) is 0.960. The molecule has 1 aliphatic rings. The lowest BCUT2D eigenvalue weighted by atomic mass is 9.75. The second-order valence-electron chi connectivity index (χ2n) is 4.85. The van der Waals surface area contributed by atoms with Crippen molar-refractivity contribution in [1.82, 2.24) is 0 Å². The summed E-state index contributed by atoms with van der Waals surface area (Å²) in [5.41, 5.74) is 0.581. The first kappa shape index (κ1) is 10.6. The third-order valence-electron chi connectivity index (χ3n) is 3.37. The molecule has 0 spiro atoms. The molecule has 0 aromatic heterocycles. The zero-order valence-corrected chi connectivity index (χ0v) is 10.2. The quantitative estimate of drug-likeness (QED) is 0.634. The molecule has 0 aliphatic heterocycles. The molecule has 2 unspecified atom stereocenters. The van der Waals surface area contributed by atoms with E-state index in [1.54, 1.807) is 0 Å². The first-order chi connectivity index (χ1) is 5.56. The smallest absolute Gasteiger partial charge is 0.0148 e. The van der Waals surface area contributed by atoms with Crippen LogP contribution >= 0.6 is 15.9 Å². The van der Waals surface area contributed by atoms with E-state index in [9.17, 15) is 0 Å². The molecule has 0 aromatic rings. The van der Waals surface area contributed by atoms with E-state index in [4.69, 9.17) is 0 Å². The summed E-state index contributed by atoms with van der Waals surface area (Å²) in [5, 5.41) is 0. The van der Waals surface area contributed by atoms with E-state index in [1.807, 2.05) is 0 Å². The molecule has 1 saturated carbocycles. The molecule has 1 rings (SSSR count). The largest absolute Gasteiger partial charge is 0.0891 e. The van der Waals surface area contributed by atoms with Gasteiger partial charge in [-0.3, -0.25) is 0 Å². The van der Waals surface area contributed by atoms with Crippen LogP contribution in [0.5, 0.6) is 0 Å². The molecule has 1 fully saturated rings. The van der Waals surface area contributed by atoms with Gasteiger partial charge in [0.2, 0.25) is 0 Å². The van der Waals surface area contributed by atoms with Crippen LogP contribution in [0.25, 0.3) is 0 Å². The van der Waals surface area contributed by atoms with E-state index in [1.165, 1.54) is 32.1 Å². The van der Waals surface area contributed by atoms with Gasteiger partial charge in [-0.15, -0.1) is 0 Å².